The van der Waals surface area contributed by atoms with E-state index in [0.717, 1.165) is 0 Å². The zero-order valence-corrected chi connectivity index (χ0v) is 17.3. The third-order valence-electron chi connectivity index (χ3n) is 6.75. The van der Waals surface area contributed by atoms with Crippen LogP contribution in [0, 0.1) is 0 Å². The van der Waals surface area contributed by atoms with Crippen molar-refractivity contribution in [3.8, 4) is 0 Å². The van der Waals surface area contributed by atoms with E-state index < -0.39 is 8.07 Å². The third-order valence-corrected chi connectivity index (χ3v) is 13.2. The molecule has 1 aliphatic rings. The summed E-state index contributed by atoms with van der Waals surface area (Å²) in [6.07, 6.45) is 20.8. The summed E-state index contributed by atoms with van der Waals surface area (Å²) in [5, 5.41) is 0.667. The summed E-state index contributed by atoms with van der Waals surface area (Å²) in [5.41, 5.74) is 0. The molecule has 0 nitrogen and oxygen atoms in total. The molecule has 0 saturated carbocycles. The van der Waals surface area contributed by atoms with E-state index in [0.29, 0.717) is 5.04 Å². The van der Waals surface area contributed by atoms with Crippen LogP contribution in [-0.4, -0.2) is 8.07 Å². The van der Waals surface area contributed by atoms with Gasteiger partial charge >= 0.3 is 0 Å². The fourth-order valence-electron chi connectivity index (χ4n) is 4.37. The minimum absolute atomic E-state index is 0.667. The summed E-state index contributed by atoms with van der Waals surface area (Å²) in [7, 11) is -1.06. The van der Waals surface area contributed by atoms with Crippen molar-refractivity contribution in [2.75, 3.05) is 0 Å². The van der Waals surface area contributed by atoms with Crippen LogP contribution in [0.15, 0.2) is 0 Å². The van der Waals surface area contributed by atoms with Crippen LogP contribution < -0.4 is 0 Å². The molecule has 0 unspecified atom stereocenters. The van der Waals surface area contributed by atoms with Crippen molar-refractivity contribution in [3.05, 3.63) is 0 Å². The van der Waals surface area contributed by atoms with Gasteiger partial charge in [-0.3, -0.25) is 0 Å². The number of unbranched alkanes of at least 4 members (excludes halogenated alkanes) is 6. The van der Waals surface area contributed by atoms with Gasteiger partial charge in [0.1, 0.15) is 0 Å². The second-order valence-electron chi connectivity index (χ2n) is 8.94. The highest BCUT2D eigenvalue weighted by atomic mass is 28.3. The second kappa shape index (κ2) is 10.9. The standard InChI is InChI=1S/C21H44Si/c1-5-6-7-8-9-12-15-18-21(2,3)22(4)19-16-13-10-11-14-17-20-22/h5-20H2,1-4H3. The molecule has 1 heterocycles. The topological polar surface area (TPSA) is 0 Å². The number of hydrogen-bond donors (Lipinski definition) is 0. The van der Waals surface area contributed by atoms with E-state index in [9.17, 15) is 0 Å². The molecule has 0 bridgehead atoms. The van der Waals surface area contributed by atoms with Crippen LogP contribution in [0.4, 0.5) is 0 Å². The Morgan fingerprint density at radius 1 is 0.682 bits per heavy atom. The average Bonchev–Trinajstić information content (AvgIpc) is 2.59. The van der Waals surface area contributed by atoms with Gasteiger partial charge in [0.25, 0.3) is 0 Å². The largest absolute Gasteiger partial charge is 0.0688 e. The molecule has 0 aromatic heterocycles. The van der Waals surface area contributed by atoms with Crippen LogP contribution in [0.5, 0.6) is 0 Å². The zero-order valence-electron chi connectivity index (χ0n) is 16.3. The molecule has 0 aromatic carbocycles. The van der Waals surface area contributed by atoms with Crippen LogP contribution in [-0.2, 0) is 0 Å². The van der Waals surface area contributed by atoms with Gasteiger partial charge in [-0.2, -0.15) is 0 Å². The minimum Gasteiger partial charge on any atom is -0.0688 e. The fraction of sp³-hybridized carbons (Fsp3) is 1.00. The van der Waals surface area contributed by atoms with Gasteiger partial charge in [0.15, 0.2) is 0 Å². The number of hydrogen-bond acceptors (Lipinski definition) is 0. The SMILES string of the molecule is CCCCCCCCCC(C)(C)[Si]1(C)CCCCCCCC1. The minimum atomic E-state index is -1.06. The van der Waals surface area contributed by atoms with Gasteiger partial charge in [0, 0.05) is 0 Å². The molecule has 0 spiro atoms. The maximum atomic E-state index is 2.75. The molecule has 0 atom stereocenters. The highest BCUT2D eigenvalue weighted by Crippen LogP contribution is 2.48. The normalized spacial score (nSPS) is 20.2. The summed E-state index contributed by atoms with van der Waals surface area (Å²) in [6, 6.07) is 3.22. The van der Waals surface area contributed by atoms with E-state index >= 15 is 0 Å². The van der Waals surface area contributed by atoms with E-state index in [2.05, 4.69) is 27.3 Å². The smallest absolute Gasteiger partial charge is 0.0561 e. The molecule has 1 saturated heterocycles. The Kier molecular flexibility index (Phi) is 10.0. The first kappa shape index (κ1) is 20.3. The summed E-state index contributed by atoms with van der Waals surface area (Å²) in [4.78, 5) is 0. The van der Waals surface area contributed by atoms with Gasteiger partial charge in [-0.15, -0.1) is 0 Å². The molecular weight excluding hydrogens is 280 g/mol. The summed E-state index contributed by atoms with van der Waals surface area (Å²) in [5.74, 6) is 0. The maximum Gasteiger partial charge on any atom is 0.0561 e. The second-order valence-corrected chi connectivity index (χ2v) is 14.4. The molecule has 0 aromatic rings. The zero-order chi connectivity index (χ0) is 16.3. The Morgan fingerprint density at radius 2 is 1.14 bits per heavy atom. The van der Waals surface area contributed by atoms with Gasteiger partial charge in [0.05, 0.1) is 8.07 Å². The predicted molar refractivity (Wildman–Crippen MR) is 106 cm³/mol. The number of rotatable bonds is 9. The Morgan fingerprint density at radius 3 is 1.68 bits per heavy atom. The molecule has 22 heavy (non-hydrogen) atoms. The lowest BCUT2D eigenvalue weighted by Gasteiger charge is -2.43. The first-order chi connectivity index (χ1) is 10.5. The van der Waals surface area contributed by atoms with Crippen molar-refractivity contribution in [2.24, 2.45) is 0 Å². The Hall–Kier alpha value is 0.217. The molecule has 1 fully saturated rings. The molecule has 1 heteroatoms. The third kappa shape index (κ3) is 7.19. The van der Waals surface area contributed by atoms with Gasteiger partial charge in [-0.1, -0.05) is 129 Å². The van der Waals surface area contributed by atoms with Crippen molar-refractivity contribution >= 4 is 8.07 Å². The van der Waals surface area contributed by atoms with E-state index in [-0.39, 0.29) is 0 Å². The molecule has 1 aliphatic heterocycles. The highest BCUT2D eigenvalue weighted by Gasteiger charge is 2.41. The lowest BCUT2D eigenvalue weighted by molar-refractivity contribution is 0.504. The molecule has 0 aliphatic carbocycles. The van der Waals surface area contributed by atoms with Crippen molar-refractivity contribution in [1.82, 2.24) is 0 Å². The van der Waals surface area contributed by atoms with E-state index in [1.165, 1.54) is 89.9 Å². The van der Waals surface area contributed by atoms with Crippen LogP contribution in [0.2, 0.25) is 23.7 Å². The first-order valence-corrected chi connectivity index (χ1v) is 13.4. The molecule has 0 radical (unpaired) electrons. The van der Waals surface area contributed by atoms with Gasteiger partial charge in [-0.05, 0) is 5.04 Å². The van der Waals surface area contributed by atoms with Gasteiger partial charge in [-0.25, -0.2) is 0 Å². The molecular formula is C21H44Si. The quantitative estimate of drug-likeness (QED) is 0.295. The van der Waals surface area contributed by atoms with Crippen LogP contribution in [0.3, 0.4) is 0 Å². The molecule has 0 amide bonds. The van der Waals surface area contributed by atoms with Crippen molar-refractivity contribution in [1.29, 1.82) is 0 Å². The average molecular weight is 325 g/mol. The Bertz CT molecular complexity index is 259. The summed E-state index contributed by atoms with van der Waals surface area (Å²) < 4.78 is 0. The van der Waals surface area contributed by atoms with Crippen LogP contribution in [0.1, 0.15) is 111 Å². The molecule has 132 valence electrons. The summed E-state index contributed by atoms with van der Waals surface area (Å²) in [6.45, 7) is 10.3. The fourth-order valence-corrected chi connectivity index (χ4v) is 8.81. The van der Waals surface area contributed by atoms with E-state index in [4.69, 9.17) is 0 Å². The molecule has 0 N–H and O–H groups in total. The van der Waals surface area contributed by atoms with Crippen molar-refractivity contribution in [3.63, 3.8) is 0 Å². The van der Waals surface area contributed by atoms with E-state index in [1.54, 1.807) is 12.1 Å². The van der Waals surface area contributed by atoms with Gasteiger partial charge in [0.2, 0.25) is 0 Å². The maximum absolute atomic E-state index is 2.75. The van der Waals surface area contributed by atoms with Crippen molar-refractivity contribution in [2.45, 2.75) is 134 Å². The highest BCUT2D eigenvalue weighted by molar-refractivity contribution is 6.81. The lowest BCUT2D eigenvalue weighted by atomic mass is 10.0. The summed E-state index contributed by atoms with van der Waals surface area (Å²) >= 11 is 0. The Balaban J connectivity index is 2.34. The van der Waals surface area contributed by atoms with E-state index in [1.807, 2.05) is 0 Å². The van der Waals surface area contributed by atoms with Gasteiger partial charge < -0.3 is 0 Å². The van der Waals surface area contributed by atoms with Crippen LogP contribution >= 0.6 is 0 Å². The monoisotopic (exact) mass is 324 g/mol. The predicted octanol–water partition coefficient (Wildman–Crippen LogP) is 8.34. The first-order valence-electron chi connectivity index (χ1n) is 10.5. The Labute approximate surface area is 142 Å². The molecule has 1 rings (SSSR count). The van der Waals surface area contributed by atoms with Crippen molar-refractivity contribution < 1.29 is 0 Å². The lowest BCUT2D eigenvalue weighted by Crippen LogP contribution is -2.42. The van der Waals surface area contributed by atoms with Crippen LogP contribution in [0.25, 0.3) is 0 Å².